The largest absolute Gasteiger partial charge is 0.497 e. The number of hydrogen-bond donors (Lipinski definition) is 1. The molecule has 0 bridgehead atoms. The molecule has 1 fully saturated rings. The molecule has 0 aliphatic carbocycles. The number of likely N-dealkylation sites (tertiary alicyclic amines) is 1. The highest BCUT2D eigenvalue weighted by molar-refractivity contribution is 5.87. The van der Waals surface area contributed by atoms with E-state index in [0.717, 1.165) is 23.9 Å². The molecule has 0 spiro atoms. The van der Waals surface area contributed by atoms with Gasteiger partial charge in [0.25, 0.3) is 5.56 Å². The number of rotatable bonds is 10. The molecule has 3 aromatic rings. The monoisotopic (exact) mass is 477 g/mol. The molecule has 4 rings (SSSR count). The van der Waals surface area contributed by atoms with Gasteiger partial charge >= 0.3 is 0 Å². The van der Waals surface area contributed by atoms with Crippen LogP contribution in [0.25, 0.3) is 22.0 Å². The summed E-state index contributed by atoms with van der Waals surface area (Å²) in [6.45, 7) is 7.73. The van der Waals surface area contributed by atoms with Gasteiger partial charge in [-0.05, 0) is 81.9 Å². The van der Waals surface area contributed by atoms with Crippen molar-refractivity contribution in [1.29, 1.82) is 0 Å². The number of nitrogens with one attached hydrogen (secondary N) is 1. The summed E-state index contributed by atoms with van der Waals surface area (Å²) in [6.07, 6.45) is 3.52. The van der Waals surface area contributed by atoms with E-state index in [1.54, 1.807) is 13.2 Å². The van der Waals surface area contributed by atoms with Crippen molar-refractivity contribution < 1.29 is 14.3 Å². The van der Waals surface area contributed by atoms with E-state index in [0.29, 0.717) is 29.2 Å². The van der Waals surface area contributed by atoms with Crippen molar-refractivity contribution in [2.45, 2.75) is 45.7 Å². The zero-order valence-corrected chi connectivity index (χ0v) is 20.9. The highest BCUT2D eigenvalue weighted by atomic mass is 16.5. The quantitative estimate of drug-likeness (QED) is 0.446. The van der Waals surface area contributed by atoms with Gasteiger partial charge in [-0.2, -0.15) is 0 Å². The number of ether oxygens (including phenoxy) is 2. The number of nitrogens with zero attached hydrogens (tertiary/aromatic N) is 2. The Bertz CT molecular complexity index is 1230. The Labute approximate surface area is 206 Å². The highest BCUT2D eigenvalue weighted by Gasteiger charge is 2.16. The molecule has 1 aromatic heterocycles. The number of amides is 1. The molecule has 1 aliphatic heterocycles. The van der Waals surface area contributed by atoms with Crippen molar-refractivity contribution in [2.75, 3.05) is 33.4 Å². The van der Waals surface area contributed by atoms with Crippen molar-refractivity contribution >= 4 is 16.7 Å². The van der Waals surface area contributed by atoms with Crippen LogP contribution in [0.2, 0.25) is 0 Å². The third-order valence-corrected chi connectivity index (χ3v) is 6.29. The van der Waals surface area contributed by atoms with Crippen LogP contribution in [0.3, 0.4) is 0 Å². The molecule has 0 saturated carbocycles. The van der Waals surface area contributed by atoms with Crippen LogP contribution in [-0.4, -0.2) is 54.8 Å². The summed E-state index contributed by atoms with van der Waals surface area (Å²) < 4.78 is 12.9. The molecule has 2 aromatic carbocycles. The fourth-order valence-electron chi connectivity index (χ4n) is 4.59. The van der Waals surface area contributed by atoms with Crippen LogP contribution in [0, 0.1) is 0 Å². The van der Waals surface area contributed by atoms with Gasteiger partial charge in [0, 0.05) is 18.2 Å². The minimum absolute atomic E-state index is 0.0144. The normalized spacial score (nSPS) is 13.9. The summed E-state index contributed by atoms with van der Waals surface area (Å²) in [5.74, 6) is 1.15. The zero-order valence-electron chi connectivity index (χ0n) is 20.9. The van der Waals surface area contributed by atoms with E-state index in [4.69, 9.17) is 9.47 Å². The van der Waals surface area contributed by atoms with Crippen LogP contribution < -0.4 is 20.3 Å². The van der Waals surface area contributed by atoms with Gasteiger partial charge in [-0.15, -0.1) is 0 Å². The maximum atomic E-state index is 13.6. The number of methoxy groups -OCH3 is 1. The zero-order chi connectivity index (χ0) is 24.8. The molecule has 0 radical (unpaired) electrons. The summed E-state index contributed by atoms with van der Waals surface area (Å²) >= 11 is 0. The van der Waals surface area contributed by atoms with E-state index in [1.165, 1.54) is 30.5 Å². The maximum absolute atomic E-state index is 13.6. The first-order chi connectivity index (χ1) is 16.9. The van der Waals surface area contributed by atoms with E-state index in [9.17, 15) is 9.59 Å². The van der Waals surface area contributed by atoms with Crippen molar-refractivity contribution in [3.8, 4) is 22.8 Å². The summed E-state index contributed by atoms with van der Waals surface area (Å²) in [6, 6.07) is 15.1. The van der Waals surface area contributed by atoms with Crippen LogP contribution in [0.15, 0.2) is 53.3 Å². The molecule has 1 N–H and O–H groups in total. The predicted molar refractivity (Wildman–Crippen MR) is 139 cm³/mol. The van der Waals surface area contributed by atoms with Gasteiger partial charge in [0.1, 0.15) is 18.0 Å². The molecule has 7 nitrogen and oxygen atoms in total. The number of hydrogen-bond acceptors (Lipinski definition) is 5. The number of fused-ring (bicyclic) bond motifs is 1. The highest BCUT2D eigenvalue weighted by Crippen LogP contribution is 2.27. The van der Waals surface area contributed by atoms with Crippen LogP contribution in [-0.2, 0) is 11.3 Å². The van der Waals surface area contributed by atoms with Crippen molar-refractivity contribution in [2.24, 2.45) is 0 Å². The molecule has 2 heterocycles. The summed E-state index contributed by atoms with van der Waals surface area (Å²) in [7, 11) is 1.61. The Kier molecular flexibility index (Phi) is 8.08. The average molecular weight is 478 g/mol. The lowest BCUT2D eigenvalue weighted by molar-refractivity contribution is -0.122. The maximum Gasteiger partial charge on any atom is 0.259 e. The minimum atomic E-state index is -0.221. The third-order valence-electron chi connectivity index (χ3n) is 6.29. The lowest BCUT2D eigenvalue weighted by atomic mass is 10.1. The fourth-order valence-corrected chi connectivity index (χ4v) is 4.59. The molecular weight excluding hydrogens is 442 g/mol. The van der Waals surface area contributed by atoms with Gasteiger partial charge in [0.2, 0.25) is 5.91 Å². The summed E-state index contributed by atoms with van der Waals surface area (Å²) in [4.78, 5) is 28.8. The van der Waals surface area contributed by atoms with Crippen molar-refractivity contribution in [3.05, 3.63) is 58.9 Å². The SMILES string of the molecule is COc1cccc(-c2cc3ccc(OCCCN4CCCC4)cc3c(=O)n2CC(=O)NC(C)C)c1. The van der Waals surface area contributed by atoms with Crippen molar-refractivity contribution in [3.63, 3.8) is 0 Å². The third kappa shape index (κ3) is 6.22. The topological polar surface area (TPSA) is 72.8 Å². The van der Waals surface area contributed by atoms with Gasteiger partial charge < -0.3 is 19.7 Å². The minimum Gasteiger partial charge on any atom is -0.497 e. The predicted octanol–water partition coefficient (Wildman–Crippen LogP) is 4.07. The molecule has 7 heteroatoms. The van der Waals surface area contributed by atoms with Gasteiger partial charge in [-0.25, -0.2) is 0 Å². The summed E-state index contributed by atoms with van der Waals surface area (Å²) in [5.41, 5.74) is 1.25. The Balaban J connectivity index is 1.64. The Morgan fingerprint density at radius 3 is 2.60 bits per heavy atom. The Morgan fingerprint density at radius 1 is 1.06 bits per heavy atom. The van der Waals surface area contributed by atoms with Gasteiger partial charge in [-0.3, -0.25) is 14.2 Å². The molecular formula is C28H35N3O4. The fraction of sp³-hybridized carbons (Fsp3) is 0.429. The second-order valence-corrected chi connectivity index (χ2v) is 9.37. The summed E-state index contributed by atoms with van der Waals surface area (Å²) in [5, 5.41) is 4.22. The number of pyridine rings is 1. The second-order valence-electron chi connectivity index (χ2n) is 9.37. The smallest absolute Gasteiger partial charge is 0.259 e. The number of carbonyl (C=O) groups excluding carboxylic acids is 1. The Hall–Kier alpha value is -3.32. The first kappa shape index (κ1) is 24.8. The molecule has 186 valence electrons. The second kappa shape index (κ2) is 11.4. The van der Waals surface area contributed by atoms with Gasteiger partial charge in [-0.1, -0.05) is 18.2 Å². The van der Waals surface area contributed by atoms with Crippen LogP contribution in [0.1, 0.15) is 33.1 Å². The van der Waals surface area contributed by atoms with E-state index in [1.807, 2.05) is 56.3 Å². The van der Waals surface area contributed by atoms with Gasteiger partial charge in [0.15, 0.2) is 0 Å². The van der Waals surface area contributed by atoms with Crippen molar-refractivity contribution in [1.82, 2.24) is 14.8 Å². The van der Waals surface area contributed by atoms with Gasteiger partial charge in [0.05, 0.1) is 24.8 Å². The standard InChI is InChI=1S/C28H35N3O4/c1-20(2)29-27(32)19-31-26(22-8-6-9-23(16-22)34-3)17-21-10-11-24(18-25(21)28(31)33)35-15-7-14-30-12-4-5-13-30/h6,8-11,16-18,20H,4-5,7,12-15,19H2,1-3H3,(H,29,32). The van der Waals surface area contributed by atoms with Crippen LogP contribution in [0.4, 0.5) is 0 Å². The van der Waals surface area contributed by atoms with E-state index in [-0.39, 0.29) is 24.1 Å². The first-order valence-electron chi connectivity index (χ1n) is 12.4. The number of aromatic nitrogens is 1. The van der Waals surface area contributed by atoms with Crippen LogP contribution >= 0.6 is 0 Å². The van der Waals surface area contributed by atoms with Crippen LogP contribution in [0.5, 0.6) is 11.5 Å². The lowest BCUT2D eigenvalue weighted by Gasteiger charge is -2.17. The van der Waals surface area contributed by atoms with E-state index in [2.05, 4.69) is 10.2 Å². The molecule has 1 aliphatic rings. The number of benzene rings is 2. The Morgan fingerprint density at radius 2 is 1.86 bits per heavy atom. The molecule has 1 amide bonds. The molecule has 35 heavy (non-hydrogen) atoms. The lowest BCUT2D eigenvalue weighted by Crippen LogP contribution is -2.36. The van der Waals surface area contributed by atoms with E-state index < -0.39 is 0 Å². The average Bonchev–Trinajstić information content (AvgIpc) is 3.37. The van der Waals surface area contributed by atoms with E-state index >= 15 is 0 Å². The first-order valence-corrected chi connectivity index (χ1v) is 12.4. The molecule has 1 saturated heterocycles. The number of carbonyl (C=O) groups is 1. The molecule has 0 atom stereocenters. The molecule has 0 unspecified atom stereocenters.